The van der Waals surface area contributed by atoms with Crippen LogP contribution in [-0.2, 0) is 4.79 Å². The molecule has 1 aromatic rings. The van der Waals surface area contributed by atoms with Crippen LogP contribution in [0.3, 0.4) is 0 Å². The molecule has 0 saturated carbocycles. The summed E-state index contributed by atoms with van der Waals surface area (Å²) < 4.78 is 5.29. The van der Waals surface area contributed by atoms with Crippen LogP contribution in [0.1, 0.15) is 19.4 Å². The highest BCUT2D eigenvalue weighted by molar-refractivity contribution is 5.82. The number of ether oxygens (including phenoxy) is 1. The molecule has 4 nitrogen and oxygen atoms in total. The van der Waals surface area contributed by atoms with Crippen molar-refractivity contribution >= 4 is 5.78 Å². The van der Waals surface area contributed by atoms with Crippen molar-refractivity contribution in [1.29, 1.82) is 0 Å². The van der Waals surface area contributed by atoms with Gasteiger partial charge in [0.25, 0.3) is 0 Å². The second kappa shape index (κ2) is 10.5. The van der Waals surface area contributed by atoms with Crippen molar-refractivity contribution in [2.75, 3.05) is 26.7 Å². The molecule has 108 valence electrons. The van der Waals surface area contributed by atoms with Crippen molar-refractivity contribution in [1.82, 2.24) is 5.32 Å². The zero-order chi connectivity index (χ0) is 14.7. The van der Waals surface area contributed by atoms with Crippen LogP contribution in [0.2, 0.25) is 0 Å². The van der Waals surface area contributed by atoms with E-state index in [0.717, 1.165) is 5.75 Å². The highest BCUT2D eigenvalue weighted by Crippen LogP contribution is 2.10. The molecule has 1 rings (SSSR count). The molecule has 4 heteroatoms. The Hall–Kier alpha value is -1.39. The van der Waals surface area contributed by atoms with E-state index in [-0.39, 0.29) is 11.7 Å². The van der Waals surface area contributed by atoms with Gasteiger partial charge in [-0.15, -0.1) is 0 Å². The summed E-state index contributed by atoms with van der Waals surface area (Å²) in [7, 11) is 1.78. The molecule has 0 aliphatic carbocycles. The molecular weight excluding hydrogens is 240 g/mol. The largest absolute Gasteiger partial charge is 0.492 e. The van der Waals surface area contributed by atoms with Gasteiger partial charge in [0.05, 0.1) is 6.54 Å². The molecule has 0 aliphatic heterocycles. The summed E-state index contributed by atoms with van der Waals surface area (Å²) in [6.07, 6.45) is 0. The van der Waals surface area contributed by atoms with Gasteiger partial charge < -0.3 is 15.8 Å². The summed E-state index contributed by atoms with van der Waals surface area (Å²) in [6, 6.07) is 7.94. The molecule has 0 heterocycles. The average Bonchev–Trinajstić information content (AvgIpc) is 2.39. The molecule has 0 atom stereocenters. The maximum absolute atomic E-state index is 10.7. The predicted molar refractivity (Wildman–Crippen MR) is 79.5 cm³/mol. The fraction of sp³-hybridized carbons (Fsp3) is 0.533. The molecule has 1 aromatic carbocycles. The van der Waals surface area contributed by atoms with Crippen molar-refractivity contribution in [3.63, 3.8) is 0 Å². The van der Waals surface area contributed by atoms with E-state index in [1.165, 1.54) is 5.56 Å². The lowest BCUT2D eigenvalue weighted by Crippen LogP contribution is -2.22. The number of likely N-dealkylation sites (N-methyl/N-ethyl adjacent to an activating group) is 1. The molecule has 0 amide bonds. The Morgan fingerprint density at radius 3 is 2.26 bits per heavy atom. The number of aryl methyl sites for hydroxylation is 1. The van der Waals surface area contributed by atoms with Gasteiger partial charge in [0.15, 0.2) is 0 Å². The van der Waals surface area contributed by atoms with Crippen LogP contribution in [0.15, 0.2) is 24.3 Å². The lowest BCUT2D eigenvalue weighted by molar-refractivity contribution is -0.120. The van der Waals surface area contributed by atoms with E-state index in [2.05, 4.69) is 5.32 Å². The zero-order valence-electron chi connectivity index (χ0n) is 12.4. The minimum atomic E-state index is 0.169. The van der Waals surface area contributed by atoms with Crippen LogP contribution in [-0.4, -0.2) is 32.5 Å². The molecule has 0 bridgehead atoms. The fourth-order valence-electron chi connectivity index (χ4n) is 1.19. The van der Waals surface area contributed by atoms with Gasteiger partial charge in [0.2, 0.25) is 0 Å². The number of carbonyl (C=O) groups is 1. The Bertz CT molecular complexity index is 348. The van der Waals surface area contributed by atoms with Gasteiger partial charge in [-0.25, -0.2) is 0 Å². The number of ketones is 1. The summed E-state index contributed by atoms with van der Waals surface area (Å²) in [6.45, 7) is 7.50. The van der Waals surface area contributed by atoms with Gasteiger partial charge in [0, 0.05) is 12.5 Å². The highest BCUT2D eigenvalue weighted by Gasteiger charge is 2.03. The molecule has 0 saturated heterocycles. The summed E-state index contributed by atoms with van der Waals surface area (Å²) in [4.78, 5) is 10.7. The molecule has 0 unspecified atom stereocenters. The lowest BCUT2D eigenvalue weighted by atomic mass is 10.1. The quantitative estimate of drug-likeness (QED) is 0.823. The summed E-state index contributed by atoms with van der Waals surface area (Å²) in [5, 5.41) is 2.80. The molecule has 0 radical (unpaired) electrons. The second-order valence-corrected chi connectivity index (χ2v) is 4.60. The topological polar surface area (TPSA) is 64.3 Å². The Labute approximate surface area is 116 Å². The predicted octanol–water partition coefficient (Wildman–Crippen LogP) is 1.76. The standard InChI is InChI=1S/C9H13NO.C6H13NO/c1-8-2-4-9(5-3-8)11-7-6-10;1-5(2)6(8)4-7-3/h2-5H,6-7,10H2,1H3;5,7H,4H2,1-3H3. The number of benzene rings is 1. The van der Waals surface area contributed by atoms with Gasteiger partial charge in [-0.1, -0.05) is 31.5 Å². The zero-order valence-corrected chi connectivity index (χ0v) is 12.4. The Kier molecular flexibility index (Phi) is 9.75. The highest BCUT2D eigenvalue weighted by atomic mass is 16.5. The van der Waals surface area contributed by atoms with Crippen molar-refractivity contribution < 1.29 is 9.53 Å². The van der Waals surface area contributed by atoms with Crippen LogP contribution < -0.4 is 15.8 Å². The molecular formula is C15H26N2O2. The van der Waals surface area contributed by atoms with Crippen molar-refractivity contribution in [2.24, 2.45) is 11.7 Å². The first-order valence-corrected chi connectivity index (χ1v) is 6.58. The first-order chi connectivity index (χ1) is 9.01. The van der Waals surface area contributed by atoms with Gasteiger partial charge in [0.1, 0.15) is 18.1 Å². The van der Waals surface area contributed by atoms with Crippen LogP contribution >= 0.6 is 0 Å². The van der Waals surface area contributed by atoms with Crippen LogP contribution in [0.5, 0.6) is 5.75 Å². The second-order valence-electron chi connectivity index (χ2n) is 4.60. The van der Waals surface area contributed by atoms with Gasteiger partial charge >= 0.3 is 0 Å². The maximum Gasteiger partial charge on any atom is 0.149 e. The lowest BCUT2D eigenvalue weighted by Gasteiger charge is -2.03. The van der Waals surface area contributed by atoms with Crippen molar-refractivity contribution in [2.45, 2.75) is 20.8 Å². The van der Waals surface area contributed by atoms with E-state index >= 15 is 0 Å². The van der Waals surface area contributed by atoms with E-state index in [9.17, 15) is 4.79 Å². The SMILES string of the molecule is CNCC(=O)C(C)C.Cc1ccc(OCCN)cc1. The first kappa shape index (κ1) is 17.6. The van der Waals surface area contributed by atoms with Gasteiger partial charge in [-0.2, -0.15) is 0 Å². The number of nitrogens with one attached hydrogen (secondary N) is 1. The Morgan fingerprint density at radius 2 is 1.89 bits per heavy atom. The smallest absolute Gasteiger partial charge is 0.149 e. The monoisotopic (exact) mass is 266 g/mol. The molecule has 3 N–H and O–H groups in total. The average molecular weight is 266 g/mol. The van der Waals surface area contributed by atoms with E-state index in [0.29, 0.717) is 19.7 Å². The summed E-state index contributed by atoms with van der Waals surface area (Å²) >= 11 is 0. The van der Waals surface area contributed by atoms with E-state index in [4.69, 9.17) is 10.5 Å². The van der Waals surface area contributed by atoms with E-state index in [1.54, 1.807) is 7.05 Å². The minimum absolute atomic E-state index is 0.169. The van der Waals surface area contributed by atoms with Gasteiger partial charge in [-0.3, -0.25) is 4.79 Å². The number of hydrogen-bond acceptors (Lipinski definition) is 4. The number of hydrogen-bond donors (Lipinski definition) is 2. The molecule has 0 aliphatic rings. The van der Waals surface area contributed by atoms with Gasteiger partial charge in [-0.05, 0) is 26.1 Å². The molecule has 0 spiro atoms. The van der Waals surface area contributed by atoms with E-state index in [1.807, 2.05) is 45.0 Å². The minimum Gasteiger partial charge on any atom is -0.492 e. The van der Waals surface area contributed by atoms with Crippen molar-refractivity contribution in [3.05, 3.63) is 29.8 Å². The third-order valence-corrected chi connectivity index (χ3v) is 2.40. The van der Waals surface area contributed by atoms with Crippen LogP contribution in [0.25, 0.3) is 0 Å². The molecule has 0 aromatic heterocycles. The first-order valence-electron chi connectivity index (χ1n) is 6.58. The van der Waals surface area contributed by atoms with Crippen molar-refractivity contribution in [3.8, 4) is 5.75 Å². The van der Waals surface area contributed by atoms with E-state index < -0.39 is 0 Å². The number of nitrogens with two attached hydrogens (primary N) is 1. The van der Waals surface area contributed by atoms with Crippen LogP contribution in [0, 0.1) is 12.8 Å². The molecule has 0 fully saturated rings. The summed E-state index contributed by atoms with van der Waals surface area (Å²) in [5.41, 5.74) is 6.52. The van der Waals surface area contributed by atoms with Crippen LogP contribution in [0.4, 0.5) is 0 Å². The Balaban J connectivity index is 0.000000362. The third kappa shape index (κ3) is 9.22. The molecule has 19 heavy (non-hydrogen) atoms. The third-order valence-electron chi connectivity index (χ3n) is 2.40. The number of carbonyl (C=O) groups excluding carboxylic acids is 1. The summed E-state index contributed by atoms with van der Waals surface area (Å²) in [5.74, 6) is 1.33. The Morgan fingerprint density at radius 1 is 1.32 bits per heavy atom. The maximum atomic E-state index is 10.7. The number of Topliss-reactive ketones (excluding diaryl/α,β-unsaturated/α-hetero) is 1. The number of rotatable bonds is 6. The normalized spacial score (nSPS) is 9.79. The fourth-order valence-corrected chi connectivity index (χ4v) is 1.19.